The van der Waals surface area contributed by atoms with Crippen molar-refractivity contribution in [2.75, 3.05) is 0 Å². The first kappa shape index (κ1) is 96.8. The van der Waals surface area contributed by atoms with Gasteiger partial charge in [0.1, 0.15) is 0 Å². The molecule has 0 aromatic carbocycles. The summed E-state index contributed by atoms with van der Waals surface area (Å²) in [7, 11) is 0. The minimum atomic E-state index is -1.08. The SMILES string of the molecule is CC(=O)[O-].CC(=O)[O-].CC(=O)[O-].CC(=O)[O-].CC(=O)[O-].CC(=O)[O-].CC(=O)[O-].CC(=O)[O-].CC(=O)[O-].CC(=O)[O-].[Zn+2].[Zn+2].[Zn+2].[Zn+2].[Zn+2]. The Hall–Kier alpha value is -2.18. The number of carbonyl (C=O) groups is 10. The van der Waals surface area contributed by atoms with Gasteiger partial charge >= 0.3 is 97.4 Å². The number of aliphatic carboxylic acids is 10. The van der Waals surface area contributed by atoms with E-state index in [4.69, 9.17) is 99.0 Å². The van der Waals surface area contributed by atoms with Crippen LogP contribution >= 0.6 is 0 Å². The van der Waals surface area contributed by atoms with E-state index in [2.05, 4.69) is 0 Å². The Bertz CT molecular complexity index is 492. The molecule has 25 heteroatoms. The summed E-state index contributed by atoms with van der Waals surface area (Å²) in [5.41, 5.74) is 0. The minimum absolute atomic E-state index is 0. The molecule has 45 heavy (non-hydrogen) atoms. The molecule has 0 amide bonds. The van der Waals surface area contributed by atoms with Crippen LogP contribution in [0.3, 0.4) is 0 Å². The zero-order chi connectivity index (χ0) is 35.8. The summed E-state index contributed by atoms with van der Waals surface area (Å²) in [5.74, 6) is -10.8. The molecule has 0 spiro atoms. The fraction of sp³-hybridized carbons (Fsp3) is 0.500. The number of carbonyl (C=O) groups excluding carboxylic acids is 10. The fourth-order valence-electron chi connectivity index (χ4n) is 0. The summed E-state index contributed by atoms with van der Waals surface area (Å²) in [6.45, 7) is 9.72. The first-order valence-electron chi connectivity index (χ1n) is 9.08. The maximum Gasteiger partial charge on any atom is 2.00 e. The molecule has 240 valence electrons. The maximum absolute atomic E-state index is 8.89. The predicted molar refractivity (Wildman–Crippen MR) is 107 cm³/mol. The Balaban J connectivity index is -0.0000000169. The van der Waals surface area contributed by atoms with Gasteiger partial charge in [-0.25, -0.2) is 0 Å². The summed E-state index contributed by atoms with van der Waals surface area (Å²) >= 11 is 0. The number of carboxylic acid groups (broad SMARTS) is 10. The second-order valence-electron chi connectivity index (χ2n) is 4.92. The van der Waals surface area contributed by atoms with Crippen LogP contribution in [0.15, 0.2) is 0 Å². The van der Waals surface area contributed by atoms with Crippen molar-refractivity contribution in [1.29, 1.82) is 0 Å². The Labute approximate surface area is 323 Å². The van der Waals surface area contributed by atoms with Gasteiger partial charge in [-0.1, -0.05) is 0 Å². The van der Waals surface area contributed by atoms with Crippen molar-refractivity contribution >= 4 is 59.7 Å². The summed E-state index contributed by atoms with van der Waals surface area (Å²) in [6.07, 6.45) is 0. The molecule has 0 rings (SSSR count). The molecule has 0 unspecified atom stereocenters. The van der Waals surface area contributed by atoms with Gasteiger partial charge in [-0.15, -0.1) is 0 Å². The van der Waals surface area contributed by atoms with E-state index in [9.17, 15) is 0 Å². The first-order chi connectivity index (χ1) is 17.3. The number of hydrogen-bond acceptors (Lipinski definition) is 20. The molecule has 20 nitrogen and oxygen atoms in total. The van der Waals surface area contributed by atoms with Gasteiger partial charge in [-0.3, -0.25) is 0 Å². The third-order valence-electron chi connectivity index (χ3n) is 0. The standard InChI is InChI=1S/10C2H4O2.5Zn/c10*1-2(3)4;;;;;/h10*1H3,(H,3,4);;;;;/q;;;;;;;;;;5*+2/p-10. The second kappa shape index (κ2) is 90.0. The maximum atomic E-state index is 8.89. The van der Waals surface area contributed by atoms with Gasteiger partial charge < -0.3 is 99.0 Å². The molecule has 0 radical (unpaired) electrons. The summed E-state index contributed by atoms with van der Waals surface area (Å²) < 4.78 is 0. The van der Waals surface area contributed by atoms with Crippen molar-refractivity contribution in [1.82, 2.24) is 0 Å². The quantitative estimate of drug-likeness (QED) is 0.204. The van der Waals surface area contributed by atoms with E-state index in [-0.39, 0.29) is 97.4 Å². The van der Waals surface area contributed by atoms with Crippen molar-refractivity contribution in [3.05, 3.63) is 0 Å². The average Bonchev–Trinajstić information content (AvgIpc) is 2.47. The summed E-state index contributed by atoms with van der Waals surface area (Å²) in [5, 5.41) is 88.9. The molecule has 0 aromatic heterocycles. The predicted octanol–water partition coefficient (Wildman–Crippen LogP) is -12.5. The van der Waals surface area contributed by atoms with Gasteiger partial charge in [-0.2, -0.15) is 0 Å². The van der Waals surface area contributed by atoms with Gasteiger partial charge in [0.15, 0.2) is 0 Å². The monoisotopic (exact) mass is 910 g/mol. The van der Waals surface area contributed by atoms with Crippen molar-refractivity contribution in [2.24, 2.45) is 0 Å². The van der Waals surface area contributed by atoms with Gasteiger partial charge in [0.2, 0.25) is 0 Å². The van der Waals surface area contributed by atoms with Crippen LogP contribution in [0.4, 0.5) is 0 Å². The molecule has 0 saturated heterocycles. The van der Waals surface area contributed by atoms with Crippen LogP contribution < -0.4 is 51.1 Å². The fourth-order valence-corrected chi connectivity index (χ4v) is 0. The van der Waals surface area contributed by atoms with E-state index in [1.54, 1.807) is 0 Å². The molecule has 0 aromatic rings. The Kier molecular flexibility index (Phi) is 194. The molecular weight excluding hydrogens is 887 g/mol. The largest absolute Gasteiger partial charge is 2.00 e. The van der Waals surface area contributed by atoms with Crippen molar-refractivity contribution in [3.63, 3.8) is 0 Å². The Morgan fingerprint density at radius 1 is 0.200 bits per heavy atom. The third-order valence-corrected chi connectivity index (χ3v) is 0. The van der Waals surface area contributed by atoms with Crippen molar-refractivity contribution in [3.8, 4) is 0 Å². The number of rotatable bonds is 0. The molecular formula is C20H30O20Zn5. The van der Waals surface area contributed by atoms with Gasteiger partial charge in [-0.05, 0) is 69.2 Å². The van der Waals surface area contributed by atoms with Crippen LogP contribution in [-0.4, -0.2) is 59.7 Å². The molecule has 0 aliphatic heterocycles. The van der Waals surface area contributed by atoms with Gasteiger partial charge in [0.25, 0.3) is 0 Å². The van der Waals surface area contributed by atoms with E-state index < -0.39 is 59.7 Å². The molecule has 0 heterocycles. The van der Waals surface area contributed by atoms with Crippen LogP contribution in [0.2, 0.25) is 0 Å². The van der Waals surface area contributed by atoms with Crippen LogP contribution in [0.5, 0.6) is 0 Å². The molecule has 0 aliphatic carbocycles. The van der Waals surface area contributed by atoms with E-state index in [0.717, 1.165) is 69.2 Å². The normalized spacial score (nSPS) is 5.56. The van der Waals surface area contributed by atoms with E-state index in [1.165, 1.54) is 0 Å². The second-order valence-corrected chi connectivity index (χ2v) is 4.92. The van der Waals surface area contributed by atoms with Crippen LogP contribution in [0.25, 0.3) is 0 Å². The van der Waals surface area contributed by atoms with Crippen molar-refractivity contribution < 1.29 is 196 Å². The van der Waals surface area contributed by atoms with Crippen LogP contribution in [0, 0.1) is 0 Å². The molecule has 0 fully saturated rings. The number of hydrogen-bond donors (Lipinski definition) is 0. The van der Waals surface area contributed by atoms with Crippen LogP contribution in [-0.2, 0) is 145 Å². The van der Waals surface area contributed by atoms with Crippen LogP contribution in [0.1, 0.15) is 69.2 Å². The van der Waals surface area contributed by atoms with E-state index >= 15 is 0 Å². The minimum Gasteiger partial charge on any atom is -0.550 e. The summed E-state index contributed by atoms with van der Waals surface area (Å²) in [4.78, 5) is 88.9. The third kappa shape index (κ3) is 13900. The van der Waals surface area contributed by atoms with E-state index in [1.807, 2.05) is 0 Å². The molecule has 0 saturated carbocycles. The van der Waals surface area contributed by atoms with Gasteiger partial charge in [0.05, 0.1) is 0 Å². The molecule has 0 atom stereocenters. The topological polar surface area (TPSA) is 401 Å². The summed E-state index contributed by atoms with van der Waals surface area (Å²) in [6, 6.07) is 0. The molecule has 0 bridgehead atoms. The smallest absolute Gasteiger partial charge is 0.550 e. The zero-order valence-corrected chi connectivity index (χ0v) is 41.5. The first-order valence-corrected chi connectivity index (χ1v) is 9.08. The molecule has 0 N–H and O–H groups in total. The molecule has 0 aliphatic rings. The van der Waals surface area contributed by atoms with Gasteiger partial charge in [0, 0.05) is 59.7 Å². The van der Waals surface area contributed by atoms with E-state index in [0.29, 0.717) is 0 Å². The average molecular weight is 917 g/mol. The zero-order valence-electron chi connectivity index (χ0n) is 26.7. The number of carboxylic acids is 10. The van der Waals surface area contributed by atoms with Crippen molar-refractivity contribution in [2.45, 2.75) is 69.2 Å². The Morgan fingerprint density at radius 2 is 0.200 bits per heavy atom. The Morgan fingerprint density at radius 3 is 0.200 bits per heavy atom.